The molecule has 1 fully saturated rings. The third-order valence-corrected chi connectivity index (χ3v) is 1.97. The van der Waals surface area contributed by atoms with Crippen molar-refractivity contribution in [1.82, 2.24) is 0 Å². The second-order valence-electron chi connectivity index (χ2n) is 2.91. The Hall–Kier alpha value is -0.960. The predicted octanol–water partition coefficient (Wildman–Crippen LogP) is 2.34. The molecule has 0 spiro atoms. The van der Waals surface area contributed by atoms with Gasteiger partial charge in [-0.2, -0.15) is 0 Å². The van der Waals surface area contributed by atoms with Gasteiger partial charge in [0, 0.05) is 0 Å². The van der Waals surface area contributed by atoms with Crippen molar-refractivity contribution < 1.29 is 13.5 Å². The molecule has 1 atom stereocenters. The first-order chi connectivity index (χ1) is 5.70. The smallest absolute Gasteiger partial charge is 0.134 e. The summed E-state index contributed by atoms with van der Waals surface area (Å²) in [4.78, 5) is 0. The van der Waals surface area contributed by atoms with Gasteiger partial charge in [-0.05, 0) is 18.6 Å². The van der Waals surface area contributed by atoms with E-state index in [9.17, 15) is 8.78 Å². The third kappa shape index (κ3) is 1.10. The summed E-state index contributed by atoms with van der Waals surface area (Å²) in [5, 5.41) is 0. The second kappa shape index (κ2) is 2.52. The van der Waals surface area contributed by atoms with Gasteiger partial charge in [0.1, 0.15) is 17.7 Å². The lowest BCUT2D eigenvalue weighted by atomic mass is 10.1. The molecule has 1 aromatic rings. The molecule has 1 heterocycles. The highest BCUT2D eigenvalue weighted by Crippen LogP contribution is 2.34. The molecule has 1 aromatic carbocycles. The molecule has 0 bridgehead atoms. The van der Waals surface area contributed by atoms with Gasteiger partial charge in [0.15, 0.2) is 0 Å². The summed E-state index contributed by atoms with van der Waals surface area (Å²) in [6.07, 6.45) is -0.357. The summed E-state index contributed by atoms with van der Waals surface area (Å²) in [7, 11) is 0. The molecular weight excluding hydrogens is 162 g/mol. The van der Waals surface area contributed by atoms with Crippen LogP contribution in [0.4, 0.5) is 8.78 Å². The van der Waals surface area contributed by atoms with Crippen molar-refractivity contribution in [3.63, 3.8) is 0 Å². The van der Waals surface area contributed by atoms with Crippen LogP contribution in [0.1, 0.15) is 17.2 Å². The monoisotopic (exact) mass is 170 g/mol. The minimum absolute atomic E-state index is 0.0787. The van der Waals surface area contributed by atoms with E-state index in [0.29, 0.717) is 12.2 Å². The van der Waals surface area contributed by atoms with Gasteiger partial charge in [-0.3, -0.25) is 0 Å². The molecule has 0 aliphatic carbocycles. The number of rotatable bonds is 1. The van der Waals surface area contributed by atoms with Crippen molar-refractivity contribution >= 4 is 0 Å². The van der Waals surface area contributed by atoms with E-state index >= 15 is 0 Å². The van der Waals surface area contributed by atoms with Gasteiger partial charge in [0.25, 0.3) is 0 Å². The summed E-state index contributed by atoms with van der Waals surface area (Å²) in [5.41, 5.74) is 0.539. The molecule has 0 saturated carbocycles. The first-order valence-electron chi connectivity index (χ1n) is 3.76. The summed E-state index contributed by atoms with van der Waals surface area (Å²) in [6, 6.07) is 2.70. The zero-order valence-electron chi connectivity index (χ0n) is 6.60. The first kappa shape index (κ1) is 7.68. The maximum absolute atomic E-state index is 13.2. The Balaban J connectivity index is 2.55. The van der Waals surface area contributed by atoms with Crippen LogP contribution in [0, 0.1) is 18.6 Å². The normalized spacial score (nSPS) is 21.1. The van der Waals surface area contributed by atoms with Gasteiger partial charge in [0.05, 0.1) is 12.2 Å². The molecule has 1 nitrogen and oxygen atoms in total. The van der Waals surface area contributed by atoms with E-state index in [1.54, 1.807) is 6.92 Å². The maximum atomic E-state index is 13.2. The molecule has 1 aliphatic heterocycles. The number of benzene rings is 1. The summed E-state index contributed by atoms with van der Waals surface area (Å²) in [5.74, 6) is -0.988. The quantitative estimate of drug-likeness (QED) is 0.589. The number of ether oxygens (including phenoxy) is 1. The SMILES string of the molecule is Cc1ccc(F)c(C2CO2)c1F. The largest absolute Gasteiger partial charge is 0.368 e. The molecule has 0 radical (unpaired) electrons. The molecule has 64 valence electrons. The van der Waals surface area contributed by atoms with Crippen LogP contribution in [-0.2, 0) is 4.74 Å². The summed E-state index contributed by atoms with van der Waals surface area (Å²) < 4.78 is 31.1. The lowest BCUT2D eigenvalue weighted by Crippen LogP contribution is -1.96. The van der Waals surface area contributed by atoms with Gasteiger partial charge in [-0.15, -0.1) is 0 Å². The zero-order chi connectivity index (χ0) is 8.72. The minimum atomic E-state index is -0.513. The highest BCUT2D eigenvalue weighted by atomic mass is 19.1. The number of halogens is 2. The number of hydrogen-bond acceptors (Lipinski definition) is 1. The predicted molar refractivity (Wildman–Crippen MR) is 39.8 cm³/mol. The average Bonchev–Trinajstić information content (AvgIpc) is 2.81. The van der Waals surface area contributed by atoms with Crippen LogP contribution in [0.25, 0.3) is 0 Å². The molecule has 3 heteroatoms. The standard InChI is InChI=1S/C9H8F2O/c1-5-2-3-6(10)8(9(5)11)7-4-12-7/h2-3,7H,4H2,1H3. The minimum Gasteiger partial charge on any atom is -0.368 e. The highest BCUT2D eigenvalue weighted by Gasteiger charge is 2.31. The number of hydrogen-bond donors (Lipinski definition) is 0. The van der Waals surface area contributed by atoms with Gasteiger partial charge in [-0.1, -0.05) is 6.07 Å². The van der Waals surface area contributed by atoms with Crippen molar-refractivity contribution in [1.29, 1.82) is 0 Å². The third-order valence-electron chi connectivity index (χ3n) is 1.97. The van der Waals surface area contributed by atoms with Crippen LogP contribution < -0.4 is 0 Å². The first-order valence-corrected chi connectivity index (χ1v) is 3.76. The Labute approximate surface area is 69.0 Å². The molecule has 1 aliphatic rings. The molecule has 2 rings (SSSR count). The number of aryl methyl sites for hydroxylation is 1. The van der Waals surface area contributed by atoms with Crippen molar-refractivity contribution in [3.05, 3.63) is 34.9 Å². The van der Waals surface area contributed by atoms with E-state index in [0.717, 1.165) is 0 Å². The van der Waals surface area contributed by atoms with E-state index in [2.05, 4.69) is 0 Å². The summed E-state index contributed by atoms with van der Waals surface area (Å²) >= 11 is 0. The van der Waals surface area contributed by atoms with Gasteiger partial charge in [-0.25, -0.2) is 8.78 Å². The molecular formula is C9H8F2O. The lowest BCUT2D eigenvalue weighted by molar-refractivity contribution is 0.397. The Morgan fingerprint density at radius 1 is 1.42 bits per heavy atom. The Morgan fingerprint density at radius 3 is 2.67 bits per heavy atom. The van der Waals surface area contributed by atoms with Gasteiger partial charge >= 0.3 is 0 Å². The molecule has 0 amide bonds. The van der Waals surface area contributed by atoms with Gasteiger partial charge in [0.2, 0.25) is 0 Å². The van der Waals surface area contributed by atoms with Crippen molar-refractivity contribution in [3.8, 4) is 0 Å². The van der Waals surface area contributed by atoms with Crippen LogP contribution in [0.3, 0.4) is 0 Å². The summed E-state index contributed by atoms with van der Waals surface area (Å²) in [6.45, 7) is 2.04. The Morgan fingerprint density at radius 2 is 2.08 bits per heavy atom. The van der Waals surface area contributed by atoms with Gasteiger partial charge < -0.3 is 4.74 Å². The zero-order valence-corrected chi connectivity index (χ0v) is 6.60. The Bertz CT molecular complexity index is 319. The van der Waals surface area contributed by atoms with Crippen molar-refractivity contribution in [2.75, 3.05) is 6.61 Å². The molecule has 1 saturated heterocycles. The van der Waals surface area contributed by atoms with Crippen LogP contribution in [-0.4, -0.2) is 6.61 Å². The molecule has 12 heavy (non-hydrogen) atoms. The maximum Gasteiger partial charge on any atom is 0.134 e. The van der Waals surface area contributed by atoms with E-state index in [1.807, 2.05) is 0 Å². The molecule has 0 aromatic heterocycles. The van der Waals surface area contributed by atoms with E-state index in [-0.39, 0.29) is 11.7 Å². The second-order valence-corrected chi connectivity index (χ2v) is 2.91. The van der Waals surface area contributed by atoms with E-state index in [1.165, 1.54) is 12.1 Å². The van der Waals surface area contributed by atoms with Crippen LogP contribution in [0.15, 0.2) is 12.1 Å². The topological polar surface area (TPSA) is 12.5 Å². The lowest BCUT2D eigenvalue weighted by Gasteiger charge is -2.02. The fraction of sp³-hybridized carbons (Fsp3) is 0.333. The average molecular weight is 170 g/mol. The van der Waals surface area contributed by atoms with Crippen LogP contribution in [0.2, 0.25) is 0 Å². The molecule has 0 N–H and O–H groups in total. The Kier molecular flexibility index (Phi) is 1.61. The number of epoxide rings is 1. The van der Waals surface area contributed by atoms with E-state index < -0.39 is 11.6 Å². The fourth-order valence-electron chi connectivity index (χ4n) is 1.19. The van der Waals surface area contributed by atoms with Crippen molar-refractivity contribution in [2.45, 2.75) is 13.0 Å². The van der Waals surface area contributed by atoms with Crippen molar-refractivity contribution in [2.24, 2.45) is 0 Å². The van der Waals surface area contributed by atoms with Crippen LogP contribution in [0.5, 0.6) is 0 Å². The van der Waals surface area contributed by atoms with Crippen LogP contribution >= 0.6 is 0 Å². The fourth-order valence-corrected chi connectivity index (χ4v) is 1.19. The van der Waals surface area contributed by atoms with E-state index in [4.69, 9.17) is 4.74 Å². The highest BCUT2D eigenvalue weighted by molar-refractivity contribution is 5.30. The molecule has 1 unspecified atom stereocenters.